The minimum Gasteiger partial charge on any atom is -0.456 e. The van der Waals surface area contributed by atoms with E-state index in [-0.39, 0.29) is 12.3 Å². The zero-order chi connectivity index (χ0) is 11.3. The van der Waals surface area contributed by atoms with Crippen LogP contribution in [-0.2, 0) is 9.53 Å². The number of nitrogen functional groups attached to an aromatic ring is 1. The first-order valence-electron chi connectivity index (χ1n) is 4.37. The minimum absolute atomic E-state index is 0.201. The molecular weight excluding hydrogens is 197 g/mol. The molecule has 4 heteroatoms. The Morgan fingerprint density at radius 2 is 2.33 bits per heavy atom. The number of hydrogen-bond acceptors (Lipinski definition) is 3. The summed E-state index contributed by atoms with van der Waals surface area (Å²) in [6.07, 6.45) is 0. The van der Waals surface area contributed by atoms with E-state index in [1.807, 2.05) is 0 Å². The monoisotopic (exact) mass is 207 g/mol. The van der Waals surface area contributed by atoms with Gasteiger partial charge < -0.3 is 10.5 Å². The second kappa shape index (κ2) is 5.01. The predicted octanol–water partition coefficient (Wildman–Crippen LogP) is 1.32. The molecule has 0 saturated heterocycles. The number of rotatable bonds is 1. The second-order valence-electron chi connectivity index (χ2n) is 2.70. The smallest absolute Gasteiger partial charge is 0.384 e. The van der Waals surface area contributed by atoms with E-state index in [1.54, 1.807) is 6.92 Å². The van der Waals surface area contributed by atoms with Gasteiger partial charge in [0.1, 0.15) is 5.82 Å². The van der Waals surface area contributed by atoms with Gasteiger partial charge in [-0.25, -0.2) is 9.18 Å². The Balaban J connectivity index is 2.84. The van der Waals surface area contributed by atoms with Crippen LogP contribution in [0.15, 0.2) is 18.2 Å². The van der Waals surface area contributed by atoms with Crippen molar-refractivity contribution in [2.75, 3.05) is 12.3 Å². The van der Waals surface area contributed by atoms with Crippen LogP contribution < -0.4 is 5.73 Å². The van der Waals surface area contributed by atoms with Crippen LogP contribution in [-0.4, -0.2) is 12.6 Å². The van der Waals surface area contributed by atoms with Crippen LogP contribution in [0.25, 0.3) is 0 Å². The number of halogens is 1. The summed E-state index contributed by atoms with van der Waals surface area (Å²) in [4.78, 5) is 10.9. The molecule has 0 unspecified atom stereocenters. The standard InChI is InChI=1S/C11H10FNO2/c1-2-15-11(14)6-4-8-3-5-9(12)7-10(8)13/h3,5,7H,2,13H2,1H3. The summed E-state index contributed by atoms with van der Waals surface area (Å²) in [5.74, 6) is 3.70. The molecule has 0 amide bonds. The van der Waals surface area contributed by atoms with Crippen molar-refractivity contribution in [1.29, 1.82) is 0 Å². The van der Waals surface area contributed by atoms with Crippen LogP contribution in [0, 0.1) is 17.7 Å². The Morgan fingerprint density at radius 3 is 2.93 bits per heavy atom. The van der Waals surface area contributed by atoms with Crippen LogP contribution in [0.3, 0.4) is 0 Å². The van der Waals surface area contributed by atoms with Crippen molar-refractivity contribution in [2.45, 2.75) is 6.92 Å². The summed E-state index contributed by atoms with van der Waals surface area (Å²) in [6, 6.07) is 3.79. The summed E-state index contributed by atoms with van der Waals surface area (Å²) >= 11 is 0. The van der Waals surface area contributed by atoms with Gasteiger partial charge in [-0.15, -0.1) is 0 Å². The van der Waals surface area contributed by atoms with E-state index in [4.69, 9.17) is 5.73 Å². The molecule has 0 spiro atoms. The van der Waals surface area contributed by atoms with Gasteiger partial charge in [0.2, 0.25) is 0 Å². The molecule has 3 nitrogen and oxygen atoms in total. The minimum atomic E-state index is -0.624. The number of carbonyl (C=O) groups is 1. The summed E-state index contributed by atoms with van der Waals surface area (Å²) in [7, 11) is 0. The predicted molar refractivity (Wildman–Crippen MR) is 54.3 cm³/mol. The lowest BCUT2D eigenvalue weighted by Gasteiger charge is -1.97. The van der Waals surface area contributed by atoms with E-state index < -0.39 is 11.8 Å². The number of benzene rings is 1. The average molecular weight is 207 g/mol. The largest absolute Gasteiger partial charge is 0.456 e. The lowest BCUT2D eigenvalue weighted by atomic mass is 10.2. The van der Waals surface area contributed by atoms with Crippen molar-refractivity contribution in [1.82, 2.24) is 0 Å². The molecule has 0 saturated carbocycles. The van der Waals surface area contributed by atoms with Crippen LogP contribution in [0.1, 0.15) is 12.5 Å². The zero-order valence-electron chi connectivity index (χ0n) is 8.21. The second-order valence-corrected chi connectivity index (χ2v) is 2.70. The third kappa shape index (κ3) is 3.31. The number of carbonyl (C=O) groups excluding carboxylic acids is 1. The van der Waals surface area contributed by atoms with Gasteiger partial charge in [-0.3, -0.25) is 0 Å². The van der Waals surface area contributed by atoms with Crippen molar-refractivity contribution < 1.29 is 13.9 Å². The number of hydrogen-bond donors (Lipinski definition) is 1. The molecule has 0 heterocycles. The third-order valence-electron chi connectivity index (χ3n) is 1.59. The summed E-state index contributed by atoms with van der Waals surface area (Å²) < 4.78 is 17.2. The highest BCUT2D eigenvalue weighted by molar-refractivity contribution is 5.89. The lowest BCUT2D eigenvalue weighted by Crippen LogP contribution is -2.00. The van der Waals surface area contributed by atoms with Crippen molar-refractivity contribution in [3.05, 3.63) is 29.6 Å². The number of anilines is 1. The highest BCUT2D eigenvalue weighted by Gasteiger charge is 1.98. The van der Waals surface area contributed by atoms with E-state index in [0.29, 0.717) is 5.56 Å². The fraction of sp³-hybridized carbons (Fsp3) is 0.182. The summed E-state index contributed by atoms with van der Waals surface area (Å²) in [5, 5.41) is 0. The van der Waals surface area contributed by atoms with Crippen molar-refractivity contribution in [3.8, 4) is 11.8 Å². The first-order valence-corrected chi connectivity index (χ1v) is 4.37. The summed E-state index contributed by atoms with van der Waals surface area (Å²) in [5.41, 5.74) is 6.09. The van der Waals surface area contributed by atoms with Gasteiger partial charge in [-0.2, -0.15) is 0 Å². The van der Waals surface area contributed by atoms with Gasteiger partial charge >= 0.3 is 5.97 Å². The van der Waals surface area contributed by atoms with E-state index >= 15 is 0 Å². The molecule has 0 aliphatic rings. The topological polar surface area (TPSA) is 52.3 Å². The Kier molecular flexibility index (Phi) is 3.69. The van der Waals surface area contributed by atoms with Gasteiger partial charge in [-0.1, -0.05) is 5.92 Å². The third-order valence-corrected chi connectivity index (χ3v) is 1.59. The molecule has 0 atom stereocenters. The van der Waals surface area contributed by atoms with E-state index in [1.165, 1.54) is 12.1 Å². The number of esters is 1. The van der Waals surface area contributed by atoms with E-state index in [9.17, 15) is 9.18 Å². The van der Waals surface area contributed by atoms with Gasteiger partial charge in [0.15, 0.2) is 0 Å². The number of nitrogens with two attached hydrogens (primary N) is 1. The van der Waals surface area contributed by atoms with Gasteiger partial charge in [0.05, 0.1) is 12.3 Å². The molecule has 15 heavy (non-hydrogen) atoms. The molecule has 0 radical (unpaired) electrons. The maximum Gasteiger partial charge on any atom is 0.384 e. The first kappa shape index (κ1) is 11.1. The normalized spacial score (nSPS) is 8.93. The fourth-order valence-electron chi connectivity index (χ4n) is 0.933. The average Bonchev–Trinajstić information content (AvgIpc) is 2.17. The van der Waals surface area contributed by atoms with E-state index in [2.05, 4.69) is 16.6 Å². The molecule has 1 aromatic carbocycles. The van der Waals surface area contributed by atoms with Gasteiger partial charge in [-0.05, 0) is 25.1 Å². The molecule has 0 aliphatic carbocycles. The SMILES string of the molecule is CCOC(=O)C#Cc1ccc(F)cc1N. The van der Waals surface area contributed by atoms with Crippen molar-refractivity contribution in [3.63, 3.8) is 0 Å². The van der Waals surface area contributed by atoms with Gasteiger partial charge in [0, 0.05) is 11.5 Å². The van der Waals surface area contributed by atoms with Crippen molar-refractivity contribution in [2.24, 2.45) is 0 Å². The lowest BCUT2D eigenvalue weighted by molar-refractivity contribution is -0.136. The highest BCUT2D eigenvalue weighted by atomic mass is 19.1. The molecule has 0 aromatic heterocycles. The molecule has 1 rings (SSSR count). The molecule has 1 aromatic rings. The fourth-order valence-corrected chi connectivity index (χ4v) is 0.933. The highest BCUT2D eigenvalue weighted by Crippen LogP contribution is 2.11. The molecule has 0 aliphatic heterocycles. The Bertz CT molecular complexity index is 432. The Labute approximate surface area is 87.0 Å². The van der Waals surface area contributed by atoms with Crippen LogP contribution >= 0.6 is 0 Å². The molecule has 0 bridgehead atoms. The van der Waals surface area contributed by atoms with Crippen LogP contribution in [0.5, 0.6) is 0 Å². The van der Waals surface area contributed by atoms with Gasteiger partial charge in [0.25, 0.3) is 0 Å². The maximum atomic E-state index is 12.6. The molecule has 0 fully saturated rings. The zero-order valence-corrected chi connectivity index (χ0v) is 8.21. The summed E-state index contributed by atoms with van der Waals surface area (Å²) in [6.45, 7) is 1.96. The first-order chi connectivity index (χ1) is 7.13. The maximum absolute atomic E-state index is 12.6. The molecule has 2 N–H and O–H groups in total. The van der Waals surface area contributed by atoms with Crippen molar-refractivity contribution >= 4 is 11.7 Å². The van der Waals surface area contributed by atoms with Crippen LogP contribution in [0.4, 0.5) is 10.1 Å². The Morgan fingerprint density at radius 1 is 1.60 bits per heavy atom. The number of ether oxygens (including phenoxy) is 1. The molecular formula is C11H10FNO2. The van der Waals surface area contributed by atoms with Crippen LogP contribution in [0.2, 0.25) is 0 Å². The quantitative estimate of drug-likeness (QED) is 0.429. The van der Waals surface area contributed by atoms with E-state index in [0.717, 1.165) is 6.07 Å². The Hall–Kier alpha value is -2.02. The molecule has 78 valence electrons.